The lowest BCUT2D eigenvalue weighted by Gasteiger charge is -2.25. The second-order valence-corrected chi connectivity index (χ2v) is 6.80. The molecule has 2 heterocycles. The zero-order valence-corrected chi connectivity index (χ0v) is 14.8. The second-order valence-electron chi connectivity index (χ2n) is 5.96. The predicted octanol–water partition coefficient (Wildman–Crippen LogP) is 5.11. The fourth-order valence-corrected chi connectivity index (χ4v) is 3.98. The number of hydrogen-bond donors (Lipinski definition) is 2. The minimum atomic E-state index is 0.0430. The molecule has 2 N–H and O–H groups in total. The molecule has 1 aliphatic heterocycles. The largest absolute Gasteiger partial charge is 0.494 e. The van der Waals surface area contributed by atoms with Gasteiger partial charge in [0, 0.05) is 33.2 Å². The van der Waals surface area contributed by atoms with Gasteiger partial charge >= 0.3 is 0 Å². The Bertz CT molecular complexity index is 904. The van der Waals surface area contributed by atoms with E-state index in [9.17, 15) is 0 Å². The van der Waals surface area contributed by atoms with E-state index >= 15 is 0 Å². The maximum Gasteiger partial charge on any atom is 0.120 e. The van der Waals surface area contributed by atoms with Crippen LogP contribution in [0.25, 0.3) is 10.9 Å². The summed E-state index contributed by atoms with van der Waals surface area (Å²) in [6.07, 6.45) is 0.979. The first kappa shape index (κ1) is 15.8. The summed E-state index contributed by atoms with van der Waals surface area (Å²) in [5, 5.41) is 6.12. The molecule has 0 saturated carbocycles. The second kappa shape index (κ2) is 6.32. The standard InChI is InChI=1S/C19H18Cl2N2O/c1-2-24-12-4-6-17-15(10-12)13-7-8-22-18(19(13)23-17)14-5-3-11(20)9-16(14)21/h3-6,9-10,18,22-23H,2,7-8H2,1H3. The highest BCUT2D eigenvalue weighted by Crippen LogP contribution is 2.37. The molecule has 1 aliphatic rings. The molecule has 124 valence electrons. The number of fused-ring (bicyclic) bond motifs is 3. The third-order valence-corrected chi connectivity index (χ3v) is 5.07. The van der Waals surface area contributed by atoms with Gasteiger partial charge in [0.2, 0.25) is 0 Å². The number of nitrogens with one attached hydrogen (secondary N) is 2. The molecule has 5 heteroatoms. The van der Waals surface area contributed by atoms with Crippen LogP contribution >= 0.6 is 23.2 Å². The molecule has 4 rings (SSSR count). The van der Waals surface area contributed by atoms with E-state index in [4.69, 9.17) is 27.9 Å². The SMILES string of the molecule is CCOc1ccc2[nH]c3c(c2c1)CCNC3c1ccc(Cl)cc1Cl. The molecule has 0 saturated heterocycles. The third kappa shape index (κ3) is 2.67. The van der Waals surface area contributed by atoms with E-state index in [1.807, 2.05) is 25.1 Å². The normalized spacial score (nSPS) is 17.0. The van der Waals surface area contributed by atoms with Gasteiger partial charge < -0.3 is 15.0 Å². The number of aromatic amines is 1. The first-order chi connectivity index (χ1) is 11.7. The molecule has 0 bridgehead atoms. The summed E-state index contributed by atoms with van der Waals surface area (Å²) in [5.74, 6) is 0.909. The zero-order valence-electron chi connectivity index (χ0n) is 13.3. The maximum absolute atomic E-state index is 6.44. The maximum atomic E-state index is 6.44. The van der Waals surface area contributed by atoms with Crippen molar-refractivity contribution >= 4 is 34.1 Å². The van der Waals surface area contributed by atoms with Gasteiger partial charge in [0.1, 0.15) is 5.75 Å². The molecule has 0 fully saturated rings. The van der Waals surface area contributed by atoms with Crippen molar-refractivity contribution in [2.24, 2.45) is 0 Å². The van der Waals surface area contributed by atoms with E-state index in [1.165, 1.54) is 16.6 Å². The van der Waals surface area contributed by atoms with Gasteiger partial charge in [-0.05, 0) is 54.8 Å². The van der Waals surface area contributed by atoms with Gasteiger partial charge in [-0.2, -0.15) is 0 Å². The first-order valence-electron chi connectivity index (χ1n) is 8.13. The Labute approximate surface area is 150 Å². The quantitative estimate of drug-likeness (QED) is 0.680. The van der Waals surface area contributed by atoms with E-state index in [-0.39, 0.29) is 6.04 Å². The van der Waals surface area contributed by atoms with Gasteiger partial charge in [0.15, 0.2) is 0 Å². The summed E-state index contributed by atoms with van der Waals surface area (Å²) in [6.45, 7) is 3.57. The van der Waals surface area contributed by atoms with Crippen LogP contribution in [0.2, 0.25) is 10.0 Å². The van der Waals surface area contributed by atoms with Crippen LogP contribution in [0.3, 0.4) is 0 Å². The van der Waals surface area contributed by atoms with Crippen LogP contribution in [-0.2, 0) is 6.42 Å². The van der Waals surface area contributed by atoms with Crippen molar-refractivity contribution < 1.29 is 4.74 Å². The Morgan fingerprint density at radius 1 is 1.17 bits per heavy atom. The summed E-state index contributed by atoms with van der Waals surface area (Å²) in [5.41, 5.74) is 4.68. The van der Waals surface area contributed by atoms with Gasteiger partial charge in [-0.3, -0.25) is 0 Å². The molecule has 2 aromatic carbocycles. The zero-order chi connectivity index (χ0) is 16.7. The van der Waals surface area contributed by atoms with Gasteiger partial charge in [0.05, 0.1) is 12.6 Å². The van der Waals surface area contributed by atoms with Crippen molar-refractivity contribution in [3.8, 4) is 5.75 Å². The summed E-state index contributed by atoms with van der Waals surface area (Å²) in [7, 11) is 0. The molecule has 0 aliphatic carbocycles. The van der Waals surface area contributed by atoms with Crippen LogP contribution in [0.5, 0.6) is 5.75 Å². The molecule has 24 heavy (non-hydrogen) atoms. The van der Waals surface area contributed by atoms with E-state index in [2.05, 4.69) is 22.4 Å². The Balaban J connectivity index is 1.84. The average molecular weight is 361 g/mol. The van der Waals surface area contributed by atoms with E-state index < -0.39 is 0 Å². The van der Waals surface area contributed by atoms with Crippen molar-refractivity contribution in [3.05, 3.63) is 63.3 Å². The van der Waals surface area contributed by atoms with Crippen LogP contribution in [-0.4, -0.2) is 18.1 Å². The van der Waals surface area contributed by atoms with Crippen LogP contribution in [0.1, 0.15) is 29.8 Å². The monoisotopic (exact) mass is 360 g/mol. The Morgan fingerprint density at radius 2 is 2.04 bits per heavy atom. The third-order valence-electron chi connectivity index (χ3n) is 4.51. The summed E-state index contributed by atoms with van der Waals surface area (Å²) in [4.78, 5) is 3.57. The van der Waals surface area contributed by atoms with Crippen molar-refractivity contribution in [1.82, 2.24) is 10.3 Å². The molecule has 1 aromatic heterocycles. The van der Waals surface area contributed by atoms with Crippen LogP contribution in [0.15, 0.2) is 36.4 Å². The van der Waals surface area contributed by atoms with Gasteiger partial charge in [0.25, 0.3) is 0 Å². The van der Waals surface area contributed by atoms with Crippen LogP contribution in [0, 0.1) is 0 Å². The first-order valence-corrected chi connectivity index (χ1v) is 8.88. The number of hydrogen-bond acceptors (Lipinski definition) is 2. The highest BCUT2D eigenvalue weighted by atomic mass is 35.5. The summed E-state index contributed by atoms with van der Waals surface area (Å²) < 4.78 is 5.65. The lowest BCUT2D eigenvalue weighted by atomic mass is 9.94. The number of ether oxygens (including phenoxy) is 1. The smallest absolute Gasteiger partial charge is 0.120 e. The van der Waals surface area contributed by atoms with Gasteiger partial charge in [-0.1, -0.05) is 29.3 Å². The molecule has 0 spiro atoms. The van der Waals surface area contributed by atoms with E-state index in [0.717, 1.165) is 29.8 Å². The summed E-state index contributed by atoms with van der Waals surface area (Å²) in [6, 6.07) is 11.9. The Morgan fingerprint density at radius 3 is 2.83 bits per heavy atom. The molecule has 1 atom stereocenters. The number of rotatable bonds is 3. The van der Waals surface area contributed by atoms with Crippen LogP contribution in [0.4, 0.5) is 0 Å². The predicted molar refractivity (Wildman–Crippen MR) is 99.5 cm³/mol. The van der Waals surface area contributed by atoms with E-state index in [1.54, 1.807) is 6.07 Å². The number of benzene rings is 2. The van der Waals surface area contributed by atoms with Gasteiger partial charge in [-0.25, -0.2) is 0 Å². The molecular weight excluding hydrogens is 343 g/mol. The van der Waals surface area contributed by atoms with Crippen LogP contribution < -0.4 is 10.1 Å². The Kier molecular flexibility index (Phi) is 4.17. The molecular formula is C19H18Cl2N2O. The summed E-state index contributed by atoms with van der Waals surface area (Å²) >= 11 is 12.5. The lowest BCUT2D eigenvalue weighted by Crippen LogP contribution is -2.30. The Hall–Kier alpha value is -1.68. The molecule has 3 aromatic rings. The van der Waals surface area contributed by atoms with Crippen molar-refractivity contribution in [2.45, 2.75) is 19.4 Å². The molecule has 3 nitrogen and oxygen atoms in total. The van der Waals surface area contributed by atoms with Crippen molar-refractivity contribution in [3.63, 3.8) is 0 Å². The van der Waals surface area contributed by atoms with Crippen molar-refractivity contribution in [2.75, 3.05) is 13.2 Å². The lowest BCUT2D eigenvalue weighted by molar-refractivity contribution is 0.340. The minimum absolute atomic E-state index is 0.0430. The highest BCUT2D eigenvalue weighted by molar-refractivity contribution is 6.35. The number of halogens is 2. The minimum Gasteiger partial charge on any atom is -0.494 e. The fourth-order valence-electron chi connectivity index (χ4n) is 3.46. The van der Waals surface area contributed by atoms with E-state index in [0.29, 0.717) is 16.7 Å². The topological polar surface area (TPSA) is 37.0 Å². The molecule has 1 unspecified atom stereocenters. The molecule has 0 amide bonds. The highest BCUT2D eigenvalue weighted by Gasteiger charge is 2.26. The average Bonchev–Trinajstić information content (AvgIpc) is 2.94. The number of H-pyrrole nitrogens is 1. The fraction of sp³-hybridized carbons (Fsp3) is 0.263. The number of aromatic nitrogens is 1. The van der Waals surface area contributed by atoms with Crippen molar-refractivity contribution in [1.29, 1.82) is 0 Å². The molecule has 0 radical (unpaired) electrons. The van der Waals surface area contributed by atoms with Gasteiger partial charge in [-0.15, -0.1) is 0 Å².